The van der Waals surface area contributed by atoms with Gasteiger partial charge in [-0.3, -0.25) is 9.36 Å². The Hall–Kier alpha value is -3.62. The molecular weight excluding hydrogens is 372 g/mol. The van der Waals surface area contributed by atoms with Gasteiger partial charge in [-0.1, -0.05) is 6.07 Å². The number of aromatic nitrogens is 4. The normalized spacial score (nSPS) is 10.5. The molecule has 2 N–H and O–H groups in total. The average molecular weight is 396 g/mol. The monoisotopic (exact) mass is 396 g/mol. The number of amides is 1. The number of hydrogen-bond acceptors (Lipinski definition) is 7. The Balaban J connectivity index is 1.61. The second kappa shape index (κ2) is 9.05. The van der Waals surface area contributed by atoms with Crippen LogP contribution in [0.5, 0.6) is 11.5 Å². The van der Waals surface area contributed by atoms with Crippen molar-refractivity contribution in [1.29, 1.82) is 0 Å². The number of ether oxygens (including phenoxy) is 2. The average Bonchev–Trinajstić information content (AvgIpc) is 3.15. The number of aryl methyl sites for hydroxylation is 2. The summed E-state index contributed by atoms with van der Waals surface area (Å²) in [7, 11) is 3.04. The lowest BCUT2D eigenvalue weighted by molar-refractivity contribution is 0.0951. The van der Waals surface area contributed by atoms with Crippen LogP contribution in [0.15, 0.2) is 36.7 Å². The molecule has 0 spiro atoms. The number of rotatable bonds is 8. The molecule has 0 atom stereocenters. The largest absolute Gasteiger partial charge is 0.493 e. The van der Waals surface area contributed by atoms with Crippen LogP contribution < -0.4 is 20.1 Å². The third-order valence-electron chi connectivity index (χ3n) is 4.26. The maximum atomic E-state index is 12.5. The van der Waals surface area contributed by atoms with Gasteiger partial charge in [0.05, 0.1) is 19.8 Å². The van der Waals surface area contributed by atoms with E-state index in [-0.39, 0.29) is 5.91 Å². The van der Waals surface area contributed by atoms with E-state index in [1.165, 1.54) is 14.2 Å². The first-order valence-corrected chi connectivity index (χ1v) is 9.12. The quantitative estimate of drug-likeness (QED) is 0.562. The van der Waals surface area contributed by atoms with Gasteiger partial charge in [0, 0.05) is 31.5 Å². The molecule has 0 aliphatic carbocycles. The number of hydrogen-bond donors (Lipinski definition) is 2. The van der Waals surface area contributed by atoms with E-state index in [0.29, 0.717) is 41.8 Å². The van der Waals surface area contributed by atoms with Gasteiger partial charge in [-0.25, -0.2) is 15.0 Å². The third-order valence-corrected chi connectivity index (χ3v) is 4.26. The maximum Gasteiger partial charge on any atom is 0.255 e. The van der Waals surface area contributed by atoms with Crippen LogP contribution in [0.25, 0.3) is 5.82 Å². The lowest BCUT2D eigenvalue weighted by Crippen LogP contribution is -2.29. The van der Waals surface area contributed by atoms with Crippen LogP contribution in [0, 0.1) is 13.8 Å². The summed E-state index contributed by atoms with van der Waals surface area (Å²) >= 11 is 0. The number of methoxy groups -OCH3 is 2. The smallest absolute Gasteiger partial charge is 0.255 e. The number of nitrogens with one attached hydrogen (secondary N) is 2. The minimum atomic E-state index is -0.240. The summed E-state index contributed by atoms with van der Waals surface area (Å²) < 4.78 is 12.4. The number of benzene rings is 1. The fourth-order valence-corrected chi connectivity index (χ4v) is 2.91. The molecule has 0 bridgehead atoms. The summed E-state index contributed by atoms with van der Waals surface area (Å²) in [6, 6.07) is 7.03. The highest BCUT2D eigenvalue weighted by molar-refractivity contribution is 5.97. The zero-order valence-corrected chi connectivity index (χ0v) is 16.9. The van der Waals surface area contributed by atoms with Crippen molar-refractivity contribution >= 4 is 11.7 Å². The van der Waals surface area contributed by atoms with Crippen molar-refractivity contribution in [2.45, 2.75) is 13.8 Å². The van der Waals surface area contributed by atoms with E-state index in [9.17, 15) is 4.79 Å². The van der Waals surface area contributed by atoms with Gasteiger partial charge < -0.3 is 20.1 Å². The summed E-state index contributed by atoms with van der Waals surface area (Å²) in [5, 5.41) is 6.08. The van der Waals surface area contributed by atoms with Crippen LogP contribution in [0.1, 0.15) is 22.0 Å². The molecular formula is C20H24N6O3. The number of para-hydroxylation sites is 1. The predicted molar refractivity (Wildman–Crippen MR) is 109 cm³/mol. The molecule has 0 aliphatic heterocycles. The Bertz CT molecular complexity index is 1000. The topological polar surface area (TPSA) is 103 Å². The number of carbonyl (C=O) groups is 1. The second-order valence-electron chi connectivity index (χ2n) is 6.23. The highest BCUT2D eigenvalue weighted by atomic mass is 16.5. The van der Waals surface area contributed by atoms with E-state index in [0.717, 1.165) is 11.6 Å². The number of nitrogens with zero attached hydrogens (tertiary/aromatic N) is 4. The van der Waals surface area contributed by atoms with Crippen molar-refractivity contribution in [3.63, 3.8) is 0 Å². The molecule has 0 saturated carbocycles. The molecule has 2 heterocycles. The van der Waals surface area contributed by atoms with Gasteiger partial charge in [-0.15, -0.1) is 0 Å². The molecule has 0 unspecified atom stereocenters. The van der Waals surface area contributed by atoms with Gasteiger partial charge in [0.15, 0.2) is 11.5 Å². The first kappa shape index (κ1) is 20.1. The SMILES string of the molecule is COc1cccc(C(=O)NCCNc2cc(-n3ccnc3C)nc(C)n2)c1OC. The Labute approximate surface area is 169 Å². The van der Waals surface area contributed by atoms with Gasteiger partial charge in [-0.2, -0.15) is 0 Å². The highest BCUT2D eigenvalue weighted by Crippen LogP contribution is 2.30. The molecule has 1 amide bonds. The number of anilines is 1. The lowest BCUT2D eigenvalue weighted by Gasteiger charge is -2.13. The van der Waals surface area contributed by atoms with Crippen molar-refractivity contribution < 1.29 is 14.3 Å². The zero-order valence-electron chi connectivity index (χ0n) is 16.9. The number of imidazole rings is 1. The first-order chi connectivity index (χ1) is 14.0. The Morgan fingerprint density at radius 3 is 2.66 bits per heavy atom. The van der Waals surface area contributed by atoms with Crippen molar-refractivity contribution in [3.8, 4) is 17.3 Å². The minimum absolute atomic E-state index is 0.240. The molecule has 2 aromatic heterocycles. The molecule has 152 valence electrons. The third kappa shape index (κ3) is 4.63. The molecule has 0 aliphatic rings. The minimum Gasteiger partial charge on any atom is -0.493 e. The summed E-state index contributed by atoms with van der Waals surface area (Å²) in [5.74, 6) is 3.58. The molecule has 0 saturated heterocycles. The molecule has 3 aromatic rings. The maximum absolute atomic E-state index is 12.5. The van der Waals surface area contributed by atoms with Crippen LogP contribution in [-0.4, -0.2) is 52.7 Å². The van der Waals surface area contributed by atoms with E-state index in [1.54, 1.807) is 24.4 Å². The Morgan fingerprint density at radius 2 is 1.97 bits per heavy atom. The fourth-order valence-electron chi connectivity index (χ4n) is 2.91. The van der Waals surface area contributed by atoms with E-state index in [4.69, 9.17) is 9.47 Å². The molecule has 9 nitrogen and oxygen atoms in total. The Morgan fingerprint density at radius 1 is 1.14 bits per heavy atom. The van der Waals surface area contributed by atoms with Crippen molar-refractivity contribution in [1.82, 2.24) is 24.8 Å². The van der Waals surface area contributed by atoms with E-state index >= 15 is 0 Å². The molecule has 0 fully saturated rings. The number of carbonyl (C=O) groups excluding carboxylic acids is 1. The lowest BCUT2D eigenvalue weighted by atomic mass is 10.1. The standard InChI is InChI=1S/C20H24N6O3/c1-13-24-17(12-18(25-13)26-11-10-21-14(26)2)22-8-9-23-20(27)15-6-5-7-16(28-3)19(15)29-4/h5-7,10-12H,8-9H2,1-4H3,(H,23,27)(H,22,24,25). The van der Waals surface area contributed by atoms with Gasteiger partial charge in [-0.05, 0) is 26.0 Å². The van der Waals surface area contributed by atoms with Gasteiger partial charge >= 0.3 is 0 Å². The van der Waals surface area contributed by atoms with Crippen molar-refractivity contribution in [2.75, 3.05) is 32.6 Å². The molecule has 29 heavy (non-hydrogen) atoms. The van der Waals surface area contributed by atoms with Crippen LogP contribution in [-0.2, 0) is 0 Å². The molecule has 1 aromatic carbocycles. The second-order valence-corrected chi connectivity index (χ2v) is 6.23. The van der Waals surface area contributed by atoms with Crippen molar-refractivity contribution in [2.24, 2.45) is 0 Å². The highest BCUT2D eigenvalue weighted by Gasteiger charge is 2.15. The van der Waals surface area contributed by atoms with Gasteiger partial charge in [0.25, 0.3) is 5.91 Å². The van der Waals surface area contributed by atoms with Crippen LogP contribution in [0.3, 0.4) is 0 Å². The first-order valence-electron chi connectivity index (χ1n) is 9.12. The van der Waals surface area contributed by atoms with Gasteiger partial charge in [0.2, 0.25) is 0 Å². The fraction of sp³-hybridized carbons (Fsp3) is 0.300. The summed E-state index contributed by atoms with van der Waals surface area (Å²) in [4.78, 5) is 25.6. The molecule has 9 heteroatoms. The predicted octanol–water partition coefficient (Wildman–Crippen LogP) is 2.14. The Kier molecular flexibility index (Phi) is 6.28. The van der Waals surface area contributed by atoms with Crippen LogP contribution >= 0.6 is 0 Å². The van der Waals surface area contributed by atoms with E-state index < -0.39 is 0 Å². The van der Waals surface area contributed by atoms with Crippen LogP contribution in [0.2, 0.25) is 0 Å². The van der Waals surface area contributed by atoms with E-state index in [1.807, 2.05) is 30.7 Å². The van der Waals surface area contributed by atoms with Crippen LogP contribution in [0.4, 0.5) is 5.82 Å². The summed E-state index contributed by atoms with van der Waals surface area (Å²) in [5.41, 5.74) is 0.419. The summed E-state index contributed by atoms with van der Waals surface area (Å²) in [6.07, 6.45) is 3.57. The van der Waals surface area contributed by atoms with Gasteiger partial charge in [0.1, 0.15) is 23.3 Å². The zero-order chi connectivity index (χ0) is 20.8. The van der Waals surface area contributed by atoms with Crippen molar-refractivity contribution in [3.05, 3.63) is 53.9 Å². The molecule has 3 rings (SSSR count). The van der Waals surface area contributed by atoms with E-state index in [2.05, 4.69) is 25.6 Å². The molecule has 0 radical (unpaired) electrons. The summed E-state index contributed by atoms with van der Waals surface area (Å²) in [6.45, 7) is 4.64.